The molecule has 0 fully saturated rings. The number of anilines is 1. The number of nitrogens with two attached hydrogens (primary N) is 1. The fraction of sp³-hybridized carbons (Fsp3) is 0. The second kappa shape index (κ2) is 4.51. The van der Waals surface area contributed by atoms with Gasteiger partial charge in [-0.2, -0.15) is 10.2 Å². The first-order valence-corrected chi connectivity index (χ1v) is 6.67. The number of aromatic nitrogens is 4. The summed E-state index contributed by atoms with van der Waals surface area (Å²) in [4.78, 5) is 8.24. The van der Waals surface area contributed by atoms with E-state index in [1.165, 1.54) is 6.33 Å². The van der Waals surface area contributed by atoms with Crippen molar-refractivity contribution in [2.24, 2.45) is 0 Å². The normalized spacial score (nSPS) is 11.2. The first kappa shape index (κ1) is 11.4. The molecule has 19 heavy (non-hydrogen) atoms. The van der Waals surface area contributed by atoms with Crippen molar-refractivity contribution in [2.75, 3.05) is 5.73 Å². The molecule has 2 N–H and O–H groups in total. The molecule has 1 atom stereocenters. The van der Waals surface area contributed by atoms with Crippen LogP contribution in [0.2, 0.25) is 0 Å². The van der Waals surface area contributed by atoms with E-state index in [0.717, 1.165) is 11.3 Å². The number of thiazole rings is 1. The maximum absolute atomic E-state index is 8.91. The summed E-state index contributed by atoms with van der Waals surface area (Å²) in [5.41, 5.74) is 8.15. The van der Waals surface area contributed by atoms with E-state index in [0.29, 0.717) is 10.7 Å². The lowest BCUT2D eigenvalue weighted by molar-refractivity contribution is 0.997. The molecule has 6 nitrogen and oxygen atoms in total. The molecule has 0 saturated heterocycles. The molecule has 0 aliphatic carbocycles. The van der Waals surface area contributed by atoms with Crippen molar-refractivity contribution in [3.8, 4) is 17.3 Å². The second-order valence-electron chi connectivity index (χ2n) is 3.76. The first-order valence-electron chi connectivity index (χ1n) is 5.42. The third-order valence-electron chi connectivity index (χ3n) is 2.55. The zero-order chi connectivity index (χ0) is 13.2. The molecule has 0 spiro atoms. The van der Waals surface area contributed by atoms with E-state index in [9.17, 15) is 0 Å². The van der Waals surface area contributed by atoms with Crippen LogP contribution in [-0.2, 0) is 0 Å². The Kier molecular flexibility index (Phi) is 2.70. The van der Waals surface area contributed by atoms with Gasteiger partial charge < -0.3 is 5.73 Å². The number of rotatable bonds is 2. The maximum Gasteiger partial charge on any atom is 0.367 e. The third-order valence-corrected chi connectivity index (χ3v) is 4.11. The van der Waals surface area contributed by atoms with Crippen LogP contribution in [0.25, 0.3) is 11.3 Å². The predicted molar refractivity (Wildman–Crippen MR) is 72.1 cm³/mol. The largest absolute Gasteiger partial charge is 0.367 e. The minimum Gasteiger partial charge on any atom is -0.337 e. The fourth-order valence-electron chi connectivity index (χ4n) is 1.69. The molecular formula is C12H9N6S+. The molecule has 0 aliphatic heterocycles. The fourth-order valence-corrected chi connectivity index (χ4v) is 3.00. The molecule has 3 aromatic rings. The minimum atomic E-state index is -0.518. The Morgan fingerprint density at radius 3 is 3.00 bits per heavy atom. The van der Waals surface area contributed by atoms with Gasteiger partial charge >= 0.3 is 5.13 Å². The highest BCUT2D eigenvalue weighted by molar-refractivity contribution is 7.31. The van der Waals surface area contributed by atoms with Gasteiger partial charge in [-0.15, -0.1) is 5.10 Å². The van der Waals surface area contributed by atoms with Crippen molar-refractivity contribution < 1.29 is 0 Å². The lowest BCUT2D eigenvalue weighted by Gasteiger charge is -1.93. The Hall–Kier alpha value is -2.72. The number of nitriles is 1. The summed E-state index contributed by atoms with van der Waals surface area (Å²) in [5, 5.41) is 15.4. The zero-order valence-corrected chi connectivity index (χ0v) is 10.6. The van der Waals surface area contributed by atoms with Crippen LogP contribution in [0.1, 0.15) is 5.56 Å². The van der Waals surface area contributed by atoms with Crippen molar-refractivity contribution >= 4 is 15.8 Å². The van der Waals surface area contributed by atoms with Crippen LogP contribution in [0.3, 0.4) is 0 Å². The molecular weight excluding hydrogens is 260 g/mol. The molecule has 2 aromatic heterocycles. The molecule has 0 saturated carbocycles. The van der Waals surface area contributed by atoms with Crippen molar-refractivity contribution in [3.05, 3.63) is 47.9 Å². The van der Waals surface area contributed by atoms with Gasteiger partial charge in [0.1, 0.15) is 12.0 Å². The predicted octanol–water partition coefficient (Wildman–Crippen LogP) is 1.85. The number of nitrogen functional groups attached to an aromatic ring is 1. The van der Waals surface area contributed by atoms with Gasteiger partial charge in [-0.25, -0.2) is 4.98 Å². The SMILES string of the molecule is N#Cc1cccc(-c2c[s+](-n3cncn3)c(N)n2)c1. The molecule has 1 unspecified atom stereocenters. The molecule has 0 amide bonds. The zero-order valence-electron chi connectivity index (χ0n) is 9.76. The van der Waals surface area contributed by atoms with E-state index in [-0.39, 0.29) is 0 Å². The van der Waals surface area contributed by atoms with Crippen LogP contribution in [0.4, 0.5) is 5.13 Å². The molecule has 92 valence electrons. The van der Waals surface area contributed by atoms with Gasteiger partial charge in [0.2, 0.25) is 0 Å². The van der Waals surface area contributed by atoms with Crippen LogP contribution in [0.5, 0.6) is 0 Å². The van der Waals surface area contributed by atoms with Crippen molar-refractivity contribution in [1.29, 1.82) is 5.26 Å². The van der Waals surface area contributed by atoms with Crippen molar-refractivity contribution in [1.82, 2.24) is 19.2 Å². The highest BCUT2D eigenvalue weighted by Gasteiger charge is 2.20. The van der Waals surface area contributed by atoms with E-state index in [1.54, 1.807) is 22.5 Å². The van der Waals surface area contributed by atoms with Crippen LogP contribution in [0.15, 0.2) is 42.3 Å². The Morgan fingerprint density at radius 2 is 2.26 bits per heavy atom. The monoisotopic (exact) mass is 269 g/mol. The van der Waals surface area contributed by atoms with Gasteiger partial charge in [0, 0.05) is 5.56 Å². The number of nitrogens with zero attached hydrogens (tertiary/aromatic N) is 5. The Balaban J connectivity index is 2.07. The standard InChI is InChI=1S/C12H9N6S/c13-5-9-2-1-3-10(4-9)11-6-19(12(14)17-11)18-8-15-7-16-18/h1-4,6-8H,(H2,14,17)/q+1. The number of hydrogen-bond donors (Lipinski definition) is 1. The lowest BCUT2D eigenvalue weighted by Crippen LogP contribution is -1.91. The topological polar surface area (TPSA) is 93.4 Å². The molecule has 0 aliphatic rings. The summed E-state index contributed by atoms with van der Waals surface area (Å²) in [6.07, 6.45) is 3.07. The van der Waals surface area contributed by atoms with E-state index in [1.807, 2.05) is 17.5 Å². The second-order valence-corrected chi connectivity index (χ2v) is 5.42. The van der Waals surface area contributed by atoms with E-state index in [2.05, 4.69) is 21.1 Å². The van der Waals surface area contributed by atoms with Gasteiger partial charge in [0.05, 0.1) is 11.6 Å². The van der Waals surface area contributed by atoms with Crippen LogP contribution in [-0.4, -0.2) is 19.2 Å². The molecule has 1 aromatic carbocycles. The van der Waals surface area contributed by atoms with Crippen LogP contribution < -0.4 is 5.73 Å². The highest BCUT2D eigenvalue weighted by Crippen LogP contribution is 2.32. The maximum atomic E-state index is 8.91. The molecule has 0 bridgehead atoms. The average molecular weight is 269 g/mol. The Morgan fingerprint density at radius 1 is 1.37 bits per heavy atom. The molecule has 7 heteroatoms. The molecule has 0 radical (unpaired) electrons. The number of benzene rings is 1. The minimum absolute atomic E-state index is 0.489. The molecule has 2 heterocycles. The quantitative estimate of drug-likeness (QED) is 0.716. The summed E-state index contributed by atoms with van der Waals surface area (Å²) in [6, 6.07) is 9.38. The van der Waals surface area contributed by atoms with E-state index < -0.39 is 10.7 Å². The van der Waals surface area contributed by atoms with Gasteiger partial charge in [0.15, 0.2) is 22.4 Å². The highest BCUT2D eigenvalue weighted by atomic mass is 32.2. The van der Waals surface area contributed by atoms with Gasteiger partial charge in [-0.1, -0.05) is 12.1 Å². The number of hydrogen-bond acceptors (Lipinski definition) is 5. The summed E-state index contributed by atoms with van der Waals surface area (Å²) in [7, 11) is -0.518. The Bertz CT molecular complexity index is 753. The van der Waals surface area contributed by atoms with E-state index >= 15 is 0 Å². The molecule has 3 rings (SSSR count). The lowest BCUT2D eigenvalue weighted by atomic mass is 10.1. The summed E-state index contributed by atoms with van der Waals surface area (Å²) in [5.74, 6) is 0. The van der Waals surface area contributed by atoms with Crippen molar-refractivity contribution in [3.63, 3.8) is 0 Å². The van der Waals surface area contributed by atoms with E-state index in [4.69, 9.17) is 11.0 Å². The smallest absolute Gasteiger partial charge is 0.337 e. The van der Waals surface area contributed by atoms with Gasteiger partial charge in [-0.3, -0.25) is 0 Å². The van der Waals surface area contributed by atoms with Gasteiger partial charge in [0.25, 0.3) is 0 Å². The Labute approximate surface area is 111 Å². The van der Waals surface area contributed by atoms with Crippen LogP contribution in [0, 0.1) is 11.3 Å². The summed E-state index contributed by atoms with van der Waals surface area (Å²) < 4.78 is 1.67. The summed E-state index contributed by atoms with van der Waals surface area (Å²) in [6.45, 7) is 0. The van der Waals surface area contributed by atoms with Gasteiger partial charge in [-0.05, 0) is 16.2 Å². The summed E-state index contributed by atoms with van der Waals surface area (Å²) >= 11 is 0. The van der Waals surface area contributed by atoms with Crippen molar-refractivity contribution in [2.45, 2.75) is 0 Å². The average Bonchev–Trinajstić information content (AvgIpc) is 3.07. The first-order chi connectivity index (χ1) is 9.28. The van der Waals surface area contributed by atoms with Crippen LogP contribution >= 0.6 is 10.7 Å². The third kappa shape index (κ3) is 2.05.